The molecular weight excluding hydrogens is 324 g/mol. The fourth-order valence-electron chi connectivity index (χ4n) is 3.34. The monoisotopic (exact) mass is 348 g/mol. The van der Waals surface area contributed by atoms with Gasteiger partial charge in [-0.25, -0.2) is 8.42 Å². The first-order valence-electron chi connectivity index (χ1n) is 8.54. The summed E-state index contributed by atoms with van der Waals surface area (Å²) in [6.45, 7) is 2.40. The molecular formula is C18H24N2O3S. The van der Waals surface area contributed by atoms with Crippen LogP contribution in [0.15, 0.2) is 29.8 Å². The molecule has 1 amide bonds. The summed E-state index contributed by atoms with van der Waals surface area (Å²) in [4.78, 5) is 12.2. The Labute approximate surface area is 143 Å². The van der Waals surface area contributed by atoms with Crippen molar-refractivity contribution < 1.29 is 13.2 Å². The van der Waals surface area contributed by atoms with Crippen LogP contribution in [0.3, 0.4) is 0 Å². The van der Waals surface area contributed by atoms with Gasteiger partial charge in [0.05, 0.1) is 11.4 Å². The van der Waals surface area contributed by atoms with Crippen LogP contribution in [0.5, 0.6) is 0 Å². The minimum absolute atomic E-state index is 0.0396. The largest absolute Gasteiger partial charge is 0.326 e. The van der Waals surface area contributed by atoms with Crippen molar-refractivity contribution in [3.63, 3.8) is 0 Å². The minimum Gasteiger partial charge on any atom is -0.326 e. The maximum Gasteiger partial charge on any atom is 0.235 e. The van der Waals surface area contributed by atoms with Crippen molar-refractivity contribution in [1.29, 1.82) is 0 Å². The quantitative estimate of drug-likeness (QED) is 0.849. The number of nitrogens with one attached hydrogen (secondary N) is 1. The molecule has 0 unspecified atom stereocenters. The van der Waals surface area contributed by atoms with E-state index in [1.165, 1.54) is 16.3 Å². The lowest BCUT2D eigenvalue weighted by atomic mass is 9.97. The number of benzene rings is 1. The summed E-state index contributed by atoms with van der Waals surface area (Å²) < 4.78 is 25.7. The molecule has 1 aromatic rings. The Balaban J connectivity index is 1.74. The van der Waals surface area contributed by atoms with Crippen LogP contribution in [-0.2, 0) is 14.8 Å². The van der Waals surface area contributed by atoms with Gasteiger partial charge in [-0.05, 0) is 56.7 Å². The first-order valence-corrected chi connectivity index (χ1v) is 10.2. The molecule has 3 rings (SSSR count). The molecule has 1 fully saturated rings. The number of carbonyl (C=O) groups excluding carboxylic acids is 1. The van der Waals surface area contributed by atoms with Crippen LogP contribution < -0.4 is 9.62 Å². The molecule has 0 radical (unpaired) electrons. The smallest absolute Gasteiger partial charge is 0.235 e. The van der Waals surface area contributed by atoms with Crippen molar-refractivity contribution in [2.45, 2.75) is 45.4 Å². The lowest BCUT2D eigenvalue weighted by Crippen LogP contribution is -2.26. The highest BCUT2D eigenvalue weighted by Gasteiger charge is 2.29. The van der Waals surface area contributed by atoms with E-state index in [1.54, 1.807) is 6.07 Å². The van der Waals surface area contributed by atoms with Gasteiger partial charge in [-0.15, -0.1) is 0 Å². The third-order valence-corrected chi connectivity index (χ3v) is 6.49. The molecule has 1 heterocycles. The van der Waals surface area contributed by atoms with Crippen molar-refractivity contribution in [2.75, 3.05) is 21.9 Å². The molecule has 130 valence electrons. The third kappa shape index (κ3) is 3.80. The highest BCUT2D eigenvalue weighted by atomic mass is 32.2. The van der Waals surface area contributed by atoms with Crippen molar-refractivity contribution in [3.05, 3.63) is 35.4 Å². The Morgan fingerprint density at radius 1 is 1.25 bits per heavy atom. The maximum atomic E-state index is 12.2. The summed E-state index contributed by atoms with van der Waals surface area (Å²) in [5.41, 5.74) is 3.42. The average molecular weight is 348 g/mol. The van der Waals surface area contributed by atoms with Crippen LogP contribution in [0.1, 0.15) is 44.1 Å². The van der Waals surface area contributed by atoms with Crippen LogP contribution in [0, 0.1) is 6.92 Å². The normalized spacial score (nSPS) is 19.9. The Hall–Kier alpha value is -1.82. The van der Waals surface area contributed by atoms with Gasteiger partial charge in [0.25, 0.3) is 0 Å². The Morgan fingerprint density at radius 2 is 2.08 bits per heavy atom. The van der Waals surface area contributed by atoms with Crippen LogP contribution in [0.4, 0.5) is 11.4 Å². The van der Waals surface area contributed by atoms with Crippen molar-refractivity contribution >= 4 is 27.3 Å². The first-order chi connectivity index (χ1) is 11.5. The van der Waals surface area contributed by atoms with Crippen molar-refractivity contribution in [3.8, 4) is 0 Å². The van der Waals surface area contributed by atoms with E-state index >= 15 is 0 Å². The number of allylic oxidation sites excluding steroid dienone is 1. The van der Waals surface area contributed by atoms with Crippen molar-refractivity contribution in [1.82, 2.24) is 0 Å². The predicted octanol–water partition coefficient (Wildman–Crippen LogP) is 3.36. The molecule has 0 bridgehead atoms. The molecule has 1 N–H and O–H groups in total. The molecule has 6 heteroatoms. The minimum atomic E-state index is -3.22. The molecule has 1 aliphatic heterocycles. The van der Waals surface area contributed by atoms with E-state index < -0.39 is 10.0 Å². The van der Waals surface area contributed by atoms with E-state index in [-0.39, 0.29) is 11.7 Å². The number of aryl methyl sites for hydroxylation is 1. The Bertz CT molecular complexity index is 768. The lowest BCUT2D eigenvalue weighted by molar-refractivity contribution is -0.115. The highest BCUT2D eigenvalue weighted by molar-refractivity contribution is 7.93. The van der Waals surface area contributed by atoms with Crippen molar-refractivity contribution in [2.24, 2.45) is 0 Å². The van der Waals surface area contributed by atoms with Gasteiger partial charge in [-0.1, -0.05) is 17.7 Å². The zero-order chi connectivity index (χ0) is 17.2. The Morgan fingerprint density at radius 3 is 2.75 bits per heavy atom. The molecule has 1 aliphatic carbocycles. The molecule has 24 heavy (non-hydrogen) atoms. The van der Waals surface area contributed by atoms with Crippen LogP contribution in [0.25, 0.3) is 0 Å². The highest BCUT2D eigenvalue weighted by Crippen LogP contribution is 2.30. The van der Waals surface area contributed by atoms with Gasteiger partial charge in [0, 0.05) is 18.7 Å². The zero-order valence-electron chi connectivity index (χ0n) is 14.0. The molecule has 0 spiro atoms. The summed E-state index contributed by atoms with van der Waals surface area (Å²) in [7, 11) is -3.22. The second-order valence-electron chi connectivity index (χ2n) is 6.58. The molecule has 0 atom stereocenters. The first kappa shape index (κ1) is 17.0. The number of sulfonamides is 1. The molecule has 5 nitrogen and oxygen atoms in total. The maximum absolute atomic E-state index is 12.2. The second-order valence-corrected chi connectivity index (χ2v) is 8.59. The summed E-state index contributed by atoms with van der Waals surface area (Å²) >= 11 is 0. The second kappa shape index (κ2) is 6.97. The SMILES string of the molecule is Cc1ccc(NC(=O)CC2=CCCCC2)cc1N1CCCS1(=O)=O. The van der Waals surface area contributed by atoms with Gasteiger partial charge in [-0.3, -0.25) is 9.10 Å². The molecule has 0 saturated carbocycles. The van der Waals surface area contributed by atoms with Gasteiger partial charge in [0.2, 0.25) is 15.9 Å². The summed E-state index contributed by atoms with van der Waals surface area (Å²) in [6, 6.07) is 5.46. The number of hydrogen-bond acceptors (Lipinski definition) is 3. The number of anilines is 2. The van der Waals surface area contributed by atoms with E-state index in [0.29, 0.717) is 30.8 Å². The average Bonchev–Trinajstić information content (AvgIpc) is 2.89. The van der Waals surface area contributed by atoms with Gasteiger partial charge < -0.3 is 5.32 Å². The van der Waals surface area contributed by atoms with E-state index in [0.717, 1.165) is 24.8 Å². The fraction of sp³-hybridized carbons (Fsp3) is 0.500. The van der Waals surface area contributed by atoms with E-state index in [2.05, 4.69) is 11.4 Å². The number of amides is 1. The van der Waals surface area contributed by atoms with Crippen LogP contribution >= 0.6 is 0 Å². The summed E-state index contributed by atoms with van der Waals surface area (Å²) in [5, 5.41) is 2.91. The standard InChI is InChI=1S/C18H24N2O3S/c1-14-8-9-16(13-17(14)20-10-5-11-24(20,22)23)19-18(21)12-15-6-3-2-4-7-15/h6,8-9,13H,2-5,7,10-12H2,1H3,(H,19,21). The predicted molar refractivity (Wildman–Crippen MR) is 96.7 cm³/mol. The topological polar surface area (TPSA) is 66.5 Å². The third-order valence-electron chi connectivity index (χ3n) is 4.63. The van der Waals surface area contributed by atoms with Gasteiger partial charge in [0.1, 0.15) is 0 Å². The van der Waals surface area contributed by atoms with Gasteiger partial charge in [0.15, 0.2) is 0 Å². The fourth-order valence-corrected chi connectivity index (χ4v) is 4.96. The van der Waals surface area contributed by atoms with Gasteiger partial charge >= 0.3 is 0 Å². The zero-order valence-corrected chi connectivity index (χ0v) is 14.9. The number of nitrogens with zero attached hydrogens (tertiary/aromatic N) is 1. The Kier molecular flexibility index (Phi) is 4.94. The van der Waals surface area contributed by atoms with Gasteiger partial charge in [-0.2, -0.15) is 0 Å². The molecule has 0 aromatic heterocycles. The number of hydrogen-bond donors (Lipinski definition) is 1. The van der Waals surface area contributed by atoms with E-state index in [9.17, 15) is 13.2 Å². The summed E-state index contributed by atoms with van der Waals surface area (Å²) in [6.07, 6.45) is 7.65. The van der Waals surface area contributed by atoms with Crippen LogP contribution in [0.2, 0.25) is 0 Å². The molecule has 2 aliphatic rings. The molecule has 1 aromatic carbocycles. The lowest BCUT2D eigenvalue weighted by Gasteiger charge is -2.20. The molecule has 1 saturated heterocycles. The van der Waals surface area contributed by atoms with E-state index in [1.807, 2.05) is 19.1 Å². The summed E-state index contributed by atoms with van der Waals surface area (Å²) in [5.74, 6) is 0.152. The number of rotatable bonds is 4. The van der Waals surface area contributed by atoms with E-state index in [4.69, 9.17) is 0 Å². The van der Waals surface area contributed by atoms with Crippen LogP contribution in [-0.4, -0.2) is 26.6 Å². The number of carbonyl (C=O) groups is 1.